The van der Waals surface area contributed by atoms with Crippen LogP contribution in [0.15, 0.2) is 0 Å². The molecule has 0 spiro atoms. The van der Waals surface area contributed by atoms with Crippen LogP contribution in [-0.2, 0) is 4.74 Å². The first-order chi connectivity index (χ1) is 8.81. The van der Waals surface area contributed by atoms with Gasteiger partial charge in [0.2, 0.25) is 0 Å². The van der Waals surface area contributed by atoms with Gasteiger partial charge in [-0.2, -0.15) is 0 Å². The van der Waals surface area contributed by atoms with Gasteiger partial charge in [0, 0.05) is 12.6 Å². The third kappa shape index (κ3) is 7.41. The second-order valence-electron chi connectivity index (χ2n) is 6.75. The lowest BCUT2D eigenvalue weighted by Crippen LogP contribution is -2.45. The largest absolute Gasteiger partial charge is 0.444 e. The van der Waals surface area contributed by atoms with Gasteiger partial charge in [-0.15, -0.1) is 0 Å². The molecule has 0 aromatic heterocycles. The zero-order valence-electron chi connectivity index (χ0n) is 13.1. The van der Waals surface area contributed by atoms with Gasteiger partial charge in [-0.05, 0) is 52.0 Å². The normalized spacial score (nSPS) is 18.8. The Balaban J connectivity index is 2.28. The van der Waals surface area contributed by atoms with Crippen molar-refractivity contribution in [3.8, 4) is 0 Å². The second kappa shape index (κ2) is 7.13. The fourth-order valence-corrected chi connectivity index (χ4v) is 1.91. The SMILES string of the molecule is CCC(C)CNC(CNC(=O)OC(C)(C)C)C1CC1. The fourth-order valence-electron chi connectivity index (χ4n) is 1.91. The summed E-state index contributed by atoms with van der Waals surface area (Å²) in [6.07, 6.45) is 3.41. The van der Waals surface area contributed by atoms with Crippen molar-refractivity contribution in [2.45, 2.75) is 65.5 Å². The van der Waals surface area contributed by atoms with E-state index in [-0.39, 0.29) is 6.09 Å². The minimum Gasteiger partial charge on any atom is -0.444 e. The van der Waals surface area contributed by atoms with Crippen molar-refractivity contribution < 1.29 is 9.53 Å². The Labute approximate surface area is 117 Å². The molecule has 1 rings (SSSR count). The van der Waals surface area contributed by atoms with E-state index in [4.69, 9.17) is 4.74 Å². The summed E-state index contributed by atoms with van der Waals surface area (Å²) in [6, 6.07) is 0.390. The van der Waals surface area contributed by atoms with E-state index in [0.717, 1.165) is 12.5 Å². The monoisotopic (exact) mass is 270 g/mol. The van der Waals surface area contributed by atoms with Gasteiger partial charge in [-0.1, -0.05) is 20.3 Å². The van der Waals surface area contributed by atoms with Crippen LogP contribution in [0.4, 0.5) is 4.79 Å². The summed E-state index contributed by atoms with van der Waals surface area (Å²) >= 11 is 0. The van der Waals surface area contributed by atoms with Gasteiger partial charge in [0.1, 0.15) is 5.60 Å². The van der Waals surface area contributed by atoms with Gasteiger partial charge < -0.3 is 15.4 Å². The molecule has 0 radical (unpaired) electrons. The topological polar surface area (TPSA) is 50.4 Å². The van der Waals surface area contributed by atoms with Crippen LogP contribution in [0.3, 0.4) is 0 Å². The Morgan fingerprint density at radius 1 is 1.32 bits per heavy atom. The van der Waals surface area contributed by atoms with E-state index in [1.54, 1.807) is 0 Å². The number of carbonyl (C=O) groups is 1. The molecule has 4 nitrogen and oxygen atoms in total. The Morgan fingerprint density at radius 2 is 1.95 bits per heavy atom. The molecule has 1 amide bonds. The van der Waals surface area contributed by atoms with Gasteiger partial charge in [0.25, 0.3) is 0 Å². The van der Waals surface area contributed by atoms with Crippen LogP contribution in [0.5, 0.6) is 0 Å². The van der Waals surface area contributed by atoms with Crippen LogP contribution in [-0.4, -0.2) is 30.8 Å². The molecule has 2 atom stereocenters. The highest BCUT2D eigenvalue weighted by Gasteiger charge is 2.31. The number of hydrogen-bond acceptors (Lipinski definition) is 3. The number of amides is 1. The molecular weight excluding hydrogens is 240 g/mol. The number of ether oxygens (including phenoxy) is 1. The fraction of sp³-hybridized carbons (Fsp3) is 0.933. The summed E-state index contributed by atoms with van der Waals surface area (Å²) < 4.78 is 5.26. The molecule has 2 N–H and O–H groups in total. The molecule has 19 heavy (non-hydrogen) atoms. The van der Waals surface area contributed by atoms with Crippen LogP contribution < -0.4 is 10.6 Å². The minimum absolute atomic E-state index is 0.316. The third-order valence-electron chi connectivity index (χ3n) is 3.48. The predicted octanol–water partition coefficient (Wildman–Crippen LogP) is 2.93. The van der Waals surface area contributed by atoms with E-state index in [1.165, 1.54) is 19.3 Å². The first kappa shape index (κ1) is 16.3. The first-order valence-electron chi connectivity index (χ1n) is 7.52. The molecule has 1 saturated carbocycles. The van der Waals surface area contributed by atoms with Crippen LogP contribution in [0.25, 0.3) is 0 Å². The smallest absolute Gasteiger partial charge is 0.407 e. The zero-order chi connectivity index (χ0) is 14.5. The van der Waals surface area contributed by atoms with Crippen molar-refractivity contribution in [1.82, 2.24) is 10.6 Å². The van der Waals surface area contributed by atoms with Crippen molar-refractivity contribution in [3.05, 3.63) is 0 Å². The maximum atomic E-state index is 11.6. The standard InChI is InChI=1S/C15H30N2O2/c1-6-11(2)9-16-13(12-7-8-12)10-17-14(18)19-15(3,4)5/h11-13,16H,6-10H2,1-5H3,(H,17,18). The Morgan fingerprint density at radius 3 is 2.42 bits per heavy atom. The van der Waals surface area contributed by atoms with Crippen molar-refractivity contribution in [2.75, 3.05) is 13.1 Å². The van der Waals surface area contributed by atoms with Gasteiger partial charge in [0.05, 0.1) is 0 Å². The Hall–Kier alpha value is -0.770. The molecule has 0 saturated heterocycles. The van der Waals surface area contributed by atoms with Crippen LogP contribution in [0.2, 0.25) is 0 Å². The van der Waals surface area contributed by atoms with E-state index < -0.39 is 5.60 Å². The number of alkyl carbamates (subject to hydrolysis) is 1. The zero-order valence-corrected chi connectivity index (χ0v) is 13.1. The number of hydrogen-bond donors (Lipinski definition) is 2. The third-order valence-corrected chi connectivity index (χ3v) is 3.48. The maximum Gasteiger partial charge on any atom is 0.407 e. The molecule has 0 bridgehead atoms. The number of nitrogens with one attached hydrogen (secondary N) is 2. The molecule has 1 aliphatic rings. The lowest BCUT2D eigenvalue weighted by atomic mass is 10.1. The van der Waals surface area contributed by atoms with Gasteiger partial charge in [-0.25, -0.2) is 4.79 Å². The van der Waals surface area contributed by atoms with Crippen molar-refractivity contribution >= 4 is 6.09 Å². The molecule has 4 heteroatoms. The molecule has 1 aliphatic carbocycles. The molecule has 2 unspecified atom stereocenters. The second-order valence-corrected chi connectivity index (χ2v) is 6.75. The van der Waals surface area contributed by atoms with E-state index in [1.807, 2.05) is 20.8 Å². The average Bonchev–Trinajstić information content (AvgIpc) is 3.10. The maximum absolute atomic E-state index is 11.6. The van der Waals surface area contributed by atoms with Crippen molar-refractivity contribution in [3.63, 3.8) is 0 Å². The lowest BCUT2D eigenvalue weighted by Gasteiger charge is -2.23. The van der Waals surface area contributed by atoms with E-state index in [2.05, 4.69) is 24.5 Å². The van der Waals surface area contributed by atoms with E-state index >= 15 is 0 Å². The molecule has 0 aromatic carbocycles. The van der Waals surface area contributed by atoms with Crippen molar-refractivity contribution in [2.24, 2.45) is 11.8 Å². The summed E-state index contributed by atoms with van der Waals surface area (Å²) in [7, 11) is 0. The van der Waals surface area contributed by atoms with Crippen LogP contribution in [0, 0.1) is 11.8 Å². The number of carbonyl (C=O) groups excluding carboxylic acids is 1. The number of rotatable bonds is 7. The minimum atomic E-state index is -0.427. The highest BCUT2D eigenvalue weighted by atomic mass is 16.6. The quantitative estimate of drug-likeness (QED) is 0.748. The van der Waals surface area contributed by atoms with E-state index in [9.17, 15) is 4.79 Å². The summed E-state index contributed by atoms with van der Waals surface area (Å²) in [5.74, 6) is 1.40. The molecular formula is C15H30N2O2. The van der Waals surface area contributed by atoms with E-state index in [0.29, 0.717) is 18.5 Å². The molecule has 0 aliphatic heterocycles. The lowest BCUT2D eigenvalue weighted by molar-refractivity contribution is 0.0521. The van der Waals surface area contributed by atoms with Gasteiger partial charge in [-0.3, -0.25) is 0 Å². The first-order valence-corrected chi connectivity index (χ1v) is 7.52. The summed E-state index contributed by atoms with van der Waals surface area (Å²) in [6.45, 7) is 11.8. The summed E-state index contributed by atoms with van der Waals surface area (Å²) in [5, 5.41) is 6.46. The van der Waals surface area contributed by atoms with Gasteiger partial charge in [0.15, 0.2) is 0 Å². The van der Waals surface area contributed by atoms with Crippen molar-refractivity contribution in [1.29, 1.82) is 0 Å². The average molecular weight is 270 g/mol. The summed E-state index contributed by atoms with van der Waals surface area (Å²) in [5.41, 5.74) is -0.427. The van der Waals surface area contributed by atoms with Crippen LogP contribution in [0.1, 0.15) is 53.9 Å². The highest BCUT2D eigenvalue weighted by Crippen LogP contribution is 2.32. The Kier molecular flexibility index (Phi) is 6.11. The molecule has 1 fully saturated rings. The highest BCUT2D eigenvalue weighted by molar-refractivity contribution is 5.67. The molecule has 0 aromatic rings. The molecule has 0 heterocycles. The predicted molar refractivity (Wildman–Crippen MR) is 78.2 cm³/mol. The Bertz CT molecular complexity index is 282. The van der Waals surface area contributed by atoms with Gasteiger partial charge >= 0.3 is 6.09 Å². The molecule has 112 valence electrons. The summed E-state index contributed by atoms with van der Waals surface area (Å²) in [4.78, 5) is 11.6. The van der Waals surface area contributed by atoms with Crippen LogP contribution >= 0.6 is 0 Å².